The Bertz CT molecular complexity index is 1130. The highest BCUT2D eigenvalue weighted by Gasteiger charge is 2.21. The molecule has 0 atom stereocenters. The molecule has 3 heterocycles. The molecule has 0 spiro atoms. The van der Waals surface area contributed by atoms with E-state index in [4.69, 9.17) is 10.7 Å². The Kier molecular flexibility index (Phi) is 5.67. The van der Waals surface area contributed by atoms with E-state index in [0.717, 1.165) is 43.3 Å². The van der Waals surface area contributed by atoms with Crippen molar-refractivity contribution in [1.29, 1.82) is 0 Å². The van der Waals surface area contributed by atoms with Gasteiger partial charge in [-0.2, -0.15) is 0 Å². The number of likely N-dealkylation sites (tertiary alicyclic amines) is 1. The molecule has 0 amide bonds. The summed E-state index contributed by atoms with van der Waals surface area (Å²) < 4.78 is 3.41. The number of fused-ring (bicyclic) bond motifs is 2. The molecule has 1 aliphatic carbocycles. The fourth-order valence-corrected chi connectivity index (χ4v) is 6.14. The Morgan fingerprint density at radius 2 is 1.97 bits per heavy atom. The number of nitrogen functional groups attached to an aromatic ring is 1. The molecule has 0 saturated carbocycles. The molecule has 9 heteroatoms. The number of carbonyl (C=O) groups is 1. The monoisotopic (exact) mass is 534 g/mol. The number of ketones is 1. The summed E-state index contributed by atoms with van der Waals surface area (Å²) in [6.07, 6.45) is 6.68. The highest BCUT2D eigenvalue weighted by atomic mass is 127. The fraction of sp³-hybridized carbons (Fsp3) is 0.429. The van der Waals surface area contributed by atoms with Crippen molar-refractivity contribution in [1.82, 2.24) is 24.4 Å². The van der Waals surface area contributed by atoms with Crippen LogP contribution in [-0.4, -0.2) is 49.8 Å². The molecule has 2 N–H and O–H groups in total. The minimum atomic E-state index is 0.339. The van der Waals surface area contributed by atoms with Gasteiger partial charge in [-0.25, -0.2) is 15.0 Å². The maximum absolute atomic E-state index is 11.5. The first kappa shape index (κ1) is 20.2. The van der Waals surface area contributed by atoms with Crippen LogP contribution in [0.5, 0.6) is 0 Å². The average Bonchev–Trinajstić information content (AvgIpc) is 3.43. The molecular weight excluding hydrogens is 511 g/mol. The number of Topliss-reactive ketones (excluding diaryl/α,β-unsaturated/α-hetero) is 1. The lowest BCUT2D eigenvalue weighted by Gasteiger charge is -2.15. The lowest BCUT2D eigenvalue weighted by Crippen LogP contribution is -2.23. The second-order valence-electron chi connectivity index (χ2n) is 7.90. The first-order valence-corrected chi connectivity index (χ1v) is 12.2. The van der Waals surface area contributed by atoms with Gasteiger partial charge in [0.25, 0.3) is 0 Å². The molecule has 0 unspecified atom stereocenters. The van der Waals surface area contributed by atoms with E-state index in [2.05, 4.69) is 54.2 Å². The first-order chi connectivity index (χ1) is 14.6. The van der Waals surface area contributed by atoms with E-state index in [1.54, 1.807) is 11.8 Å². The van der Waals surface area contributed by atoms with E-state index in [9.17, 15) is 4.79 Å². The van der Waals surface area contributed by atoms with Crippen molar-refractivity contribution in [3.05, 3.63) is 33.2 Å². The summed E-state index contributed by atoms with van der Waals surface area (Å²) in [6.45, 7) is 3.12. The third-order valence-corrected chi connectivity index (χ3v) is 8.15. The summed E-state index contributed by atoms with van der Waals surface area (Å²) in [5.41, 5.74) is 10.5. The molecule has 1 aliphatic heterocycles. The van der Waals surface area contributed by atoms with Crippen molar-refractivity contribution in [3.8, 4) is 0 Å². The Balaban J connectivity index is 1.43. The van der Waals surface area contributed by atoms with Crippen LogP contribution in [0.15, 0.2) is 28.5 Å². The average molecular weight is 534 g/mol. The summed E-state index contributed by atoms with van der Waals surface area (Å²) >= 11 is 4.10. The molecule has 0 radical (unpaired) electrons. The summed E-state index contributed by atoms with van der Waals surface area (Å²) in [5.74, 6) is 0.750. The molecule has 1 aromatic carbocycles. The van der Waals surface area contributed by atoms with Crippen molar-refractivity contribution in [2.45, 2.75) is 48.7 Å². The van der Waals surface area contributed by atoms with Crippen LogP contribution in [0.25, 0.3) is 11.2 Å². The summed E-state index contributed by atoms with van der Waals surface area (Å²) in [7, 11) is 0. The second-order valence-corrected chi connectivity index (χ2v) is 10.1. The van der Waals surface area contributed by atoms with Gasteiger partial charge in [-0.1, -0.05) is 11.8 Å². The number of imidazole rings is 1. The number of benzene rings is 1. The van der Waals surface area contributed by atoms with Gasteiger partial charge in [-0.05, 0) is 71.5 Å². The number of hydrogen-bond donors (Lipinski definition) is 1. The predicted molar refractivity (Wildman–Crippen MR) is 126 cm³/mol. The number of carbonyl (C=O) groups excluding carboxylic acids is 1. The van der Waals surface area contributed by atoms with Crippen LogP contribution in [-0.2, 0) is 24.2 Å². The topological polar surface area (TPSA) is 89.9 Å². The van der Waals surface area contributed by atoms with Crippen LogP contribution in [0.1, 0.15) is 30.4 Å². The van der Waals surface area contributed by atoms with Gasteiger partial charge in [0.1, 0.15) is 12.1 Å². The standard InChI is InChI=1S/C21H23IN6OS/c22-16-9-13-3-1-4-14(13)10-17(16)30-21-26-18-19(23)24-12-25-20(18)28(21)7-2-6-27-8-5-15(29)11-27/h9-10,12H,1-8,11H2,(H2,23,24,25). The SMILES string of the molecule is Nc1ncnc2c1nc(Sc1cc3c(cc1I)CCC3)n2CCCN1CCC(=O)C1. The van der Waals surface area contributed by atoms with E-state index in [1.165, 1.54) is 38.8 Å². The minimum Gasteiger partial charge on any atom is -0.382 e. The van der Waals surface area contributed by atoms with E-state index in [-0.39, 0.29) is 0 Å². The number of nitrogens with zero attached hydrogens (tertiary/aromatic N) is 5. The molecule has 5 rings (SSSR count). The number of aromatic nitrogens is 4. The van der Waals surface area contributed by atoms with E-state index in [1.807, 2.05) is 0 Å². The minimum absolute atomic E-state index is 0.339. The van der Waals surface area contributed by atoms with E-state index < -0.39 is 0 Å². The summed E-state index contributed by atoms with van der Waals surface area (Å²) in [5, 5.41) is 0.894. The molecule has 2 aliphatic rings. The third kappa shape index (κ3) is 3.94. The quantitative estimate of drug-likeness (QED) is 0.486. The lowest BCUT2D eigenvalue weighted by atomic mass is 10.1. The molecule has 0 bridgehead atoms. The van der Waals surface area contributed by atoms with Crippen LogP contribution in [0.4, 0.5) is 5.82 Å². The van der Waals surface area contributed by atoms with Crippen molar-refractivity contribution in [2.24, 2.45) is 0 Å². The van der Waals surface area contributed by atoms with Crippen molar-refractivity contribution in [2.75, 3.05) is 25.4 Å². The Labute approximate surface area is 193 Å². The molecule has 3 aromatic rings. The second kappa shape index (κ2) is 8.43. The zero-order valence-electron chi connectivity index (χ0n) is 16.6. The number of anilines is 1. The molecule has 156 valence electrons. The van der Waals surface area contributed by atoms with Crippen LogP contribution in [0.3, 0.4) is 0 Å². The molecule has 30 heavy (non-hydrogen) atoms. The molecule has 2 aromatic heterocycles. The summed E-state index contributed by atoms with van der Waals surface area (Å²) in [4.78, 5) is 28.4. The number of aryl methyl sites for hydroxylation is 3. The van der Waals surface area contributed by atoms with Crippen molar-refractivity contribution < 1.29 is 4.79 Å². The number of halogens is 1. The Hall–Kier alpha value is -1.72. The molecule has 1 fully saturated rings. The van der Waals surface area contributed by atoms with Gasteiger partial charge < -0.3 is 10.3 Å². The first-order valence-electron chi connectivity index (χ1n) is 10.3. The van der Waals surface area contributed by atoms with Gasteiger partial charge in [-0.3, -0.25) is 9.69 Å². The predicted octanol–water partition coefficient (Wildman–Crippen LogP) is 3.32. The lowest BCUT2D eigenvalue weighted by molar-refractivity contribution is -0.116. The Morgan fingerprint density at radius 3 is 2.77 bits per heavy atom. The number of rotatable bonds is 6. The fourth-order valence-electron chi connectivity index (χ4n) is 4.30. The number of hydrogen-bond acceptors (Lipinski definition) is 7. The smallest absolute Gasteiger partial charge is 0.175 e. The van der Waals surface area contributed by atoms with Gasteiger partial charge >= 0.3 is 0 Å². The molecular formula is C21H23IN6OS. The van der Waals surface area contributed by atoms with E-state index >= 15 is 0 Å². The third-order valence-electron chi connectivity index (χ3n) is 5.84. The molecule has 7 nitrogen and oxygen atoms in total. The van der Waals surface area contributed by atoms with Gasteiger partial charge in [0.05, 0.1) is 6.54 Å². The van der Waals surface area contributed by atoms with Gasteiger partial charge in [0.15, 0.2) is 22.1 Å². The maximum atomic E-state index is 11.5. The van der Waals surface area contributed by atoms with Crippen molar-refractivity contribution in [3.63, 3.8) is 0 Å². The zero-order chi connectivity index (χ0) is 20.7. The normalized spacial score (nSPS) is 16.6. The van der Waals surface area contributed by atoms with Crippen LogP contribution in [0, 0.1) is 3.57 Å². The van der Waals surface area contributed by atoms with Crippen molar-refractivity contribution >= 4 is 57.1 Å². The van der Waals surface area contributed by atoms with Gasteiger partial charge in [-0.15, -0.1) is 0 Å². The van der Waals surface area contributed by atoms with Crippen LogP contribution < -0.4 is 5.73 Å². The zero-order valence-corrected chi connectivity index (χ0v) is 19.6. The van der Waals surface area contributed by atoms with Gasteiger partial charge in [0, 0.05) is 34.5 Å². The maximum Gasteiger partial charge on any atom is 0.175 e. The van der Waals surface area contributed by atoms with E-state index in [0.29, 0.717) is 30.1 Å². The van der Waals surface area contributed by atoms with Gasteiger partial charge in [0.2, 0.25) is 0 Å². The molecule has 1 saturated heterocycles. The Morgan fingerprint density at radius 1 is 1.13 bits per heavy atom. The highest BCUT2D eigenvalue weighted by Crippen LogP contribution is 2.37. The largest absolute Gasteiger partial charge is 0.382 e. The summed E-state index contributed by atoms with van der Waals surface area (Å²) in [6, 6.07) is 4.64. The highest BCUT2D eigenvalue weighted by molar-refractivity contribution is 14.1. The van der Waals surface area contributed by atoms with Crippen LogP contribution >= 0.6 is 34.4 Å². The van der Waals surface area contributed by atoms with Crippen LogP contribution in [0.2, 0.25) is 0 Å². The number of nitrogens with two attached hydrogens (primary N) is 1.